The van der Waals surface area contributed by atoms with Gasteiger partial charge in [0.2, 0.25) is 5.91 Å². The zero-order valence-electron chi connectivity index (χ0n) is 14.2. The average molecular weight is 391 g/mol. The summed E-state index contributed by atoms with van der Waals surface area (Å²) in [6.45, 7) is 4.50. The van der Waals surface area contributed by atoms with Gasteiger partial charge in [0.25, 0.3) is 0 Å². The first-order valence-electron chi connectivity index (χ1n) is 7.92. The van der Waals surface area contributed by atoms with Crippen molar-refractivity contribution in [3.63, 3.8) is 0 Å². The summed E-state index contributed by atoms with van der Waals surface area (Å²) in [6.07, 6.45) is 0. The van der Waals surface area contributed by atoms with Crippen LogP contribution < -0.4 is 15.4 Å². The molecule has 5 heteroatoms. The van der Waals surface area contributed by atoms with Gasteiger partial charge < -0.3 is 15.4 Å². The molecule has 0 unspecified atom stereocenters. The van der Waals surface area contributed by atoms with Crippen molar-refractivity contribution < 1.29 is 9.53 Å². The Morgan fingerprint density at radius 2 is 1.88 bits per heavy atom. The zero-order valence-corrected chi connectivity index (χ0v) is 15.8. The van der Waals surface area contributed by atoms with Crippen LogP contribution in [0.25, 0.3) is 0 Å². The number of rotatable bonds is 7. The van der Waals surface area contributed by atoms with Crippen LogP contribution in [-0.2, 0) is 4.79 Å². The van der Waals surface area contributed by atoms with Gasteiger partial charge in [-0.1, -0.05) is 41.1 Å². The topological polar surface area (TPSA) is 50.4 Å². The lowest BCUT2D eigenvalue weighted by Crippen LogP contribution is -2.37. The second-order valence-corrected chi connectivity index (χ2v) is 6.71. The smallest absolute Gasteiger partial charge is 0.238 e. The maximum absolute atomic E-state index is 12.1. The minimum Gasteiger partial charge on any atom is -0.497 e. The van der Waals surface area contributed by atoms with Gasteiger partial charge in [0.05, 0.1) is 13.7 Å². The number of carbonyl (C=O) groups is 1. The quantitative estimate of drug-likeness (QED) is 0.745. The minimum absolute atomic E-state index is 0.0538. The third-order valence-electron chi connectivity index (χ3n) is 4.08. The van der Waals surface area contributed by atoms with Crippen molar-refractivity contribution in [1.29, 1.82) is 0 Å². The molecule has 128 valence electrons. The molecule has 0 aliphatic carbocycles. The van der Waals surface area contributed by atoms with Crippen LogP contribution in [0.3, 0.4) is 0 Å². The molecule has 0 aliphatic rings. The van der Waals surface area contributed by atoms with Gasteiger partial charge in [0.1, 0.15) is 5.75 Å². The molecule has 0 saturated carbocycles. The summed E-state index contributed by atoms with van der Waals surface area (Å²) in [5.41, 5.74) is 2.00. The normalized spacial score (nSPS) is 13.2. The summed E-state index contributed by atoms with van der Waals surface area (Å²) >= 11 is 3.39. The first-order chi connectivity index (χ1) is 11.5. The Kier molecular flexibility index (Phi) is 6.82. The molecule has 2 aromatic carbocycles. The highest BCUT2D eigenvalue weighted by atomic mass is 79.9. The third kappa shape index (κ3) is 5.35. The molecule has 0 radical (unpaired) electrons. The number of hydrogen-bond donors (Lipinski definition) is 2. The van der Waals surface area contributed by atoms with Gasteiger partial charge in [-0.2, -0.15) is 0 Å². The standard InChI is InChI=1S/C19H23BrN2O2/c1-13(15-7-9-18(24-3)10-8-15)14(2)21-12-19(23)22-17-6-4-5-16(20)11-17/h4-11,13-14,21H,12H2,1-3H3,(H,22,23)/t13-,14-/m0/s1. The number of benzene rings is 2. The van der Waals surface area contributed by atoms with Gasteiger partial charge in [-0.05, 0) is 48.7 Å². The van der Waals surface area contributed by atoms with E-state index in [0.29, 0.717) is 0 Å². The van der Waals surface area contributed by atoms with E-state index >= 15 is 0 Å². The Morgan fingerprint density at radius 3 is 2.50 bits per heavy atom. The Hall–Kier alpha value is -1.85. The molecule has 2 atom stereocenters. The summed E-state index contributed by atoms with van der Waals surface area (Å²) in [4.78, 5) is 12.1. The monoisotopic (exact) mass is 390 g/mol. The van der Waals surface area contributed by atoms with Crippen LogP contribution in [0.15, 0.2) is 53.0 Å². The number of anilines is 1. The summed E-state index contributed by atoms with van der Waals surface area (Å²) in [5.74, 6) is 1.08. The molecule has 2 aromatic rings. The van der Waals surface area contributed by atoms with E-state index in [1.165, 1.54) is 5.56 Å². The first kappa shape index (κ1) is 18.5. The maximum Gasteiger partial charge on any atom is 0.238 e. The number of amides is 1. The molecular formula is C19H23BrN2O2. The van der Waals surface area contributed by atoms with Crippen LogP contribution in [0.5, 0.6) is 5.75 Å². The fourth-order valence-electron chi connectivity index (χ4n) is 2.40. The van der Waals surface area contributed by atoms with E-state index in [1.54, 1.807) is 7.11 Å². The van der Waals surface area contributed by atoms with E-state index in [2.05, 4.69) is 52.5 Å². The van der Waals surface area contributed by atoms with E-state index in [9.17, 15) is 4.79 Å². The number of ether oxygens (including phenoxy) is 1. The second kappa shape index (κ2) is 8.85. The van der Waals surface area contributed by atoms with Crippen molar-refractivity contribution in [2.75, 3.05) is 19.0 Å². The largest absolute Gasteiger partial charge is 0.497 e. The van der Waals surface area contributed by atoms with E-state index in [-0.39, 0.29) is 24.4 Å². The summed E-state index contributed by atoms with van der Waals surface area (Å²) in [7, 11) is 1.66. The van der Waals surface area contributed by atoms with Crippen molar-refractivity contribution in [1.82, 2.24) is 5.32 Å². The molecule has 2 rings (SSSR count). The molecule has 1 amide bonds. The fraction of sp³-hybridized carbons (Fsp3) is 0.316. The maximum atomic E-state index is 12.1. The molecule has 0 bridgehead atoms. The molecule has 0 heterocycles. The molecule has 0 aromatic heterocycles. The lowest BCUT2D eigenvalue weighted by molar-refractivity contribution is -0.115. The molecule has 0 saturated heterocycles. The number of carbonyl (C=O) groups excluding carboxylic acids is 1. The molecule has 0 spiro atoms. The van der Waals surface area contributed by atoms with Crippen LogP contribution in [0.4, 0.5) is 5.69 Å². The Labute approximate surface area is 151 Å². The SMILES string of the molecule is COc1ccc([C@@H](C)[C@H](C)NCC(=O)Nc2cccc(Br)c2)cc1. The zero-order chi connectivity index (χ0) is 17.5. The second-order valence-electron chi connectivity index (χ2n) is 5.79. The van der Waals surface area contributed by atoms with Crippen molar-refractivity contribution in [3.8, 4) is 5.75 Å². The number of halogens is 1. The first-order valence-corrected chi connectivity index (χ1v) is 8.71. The van der Waals surface area contributed by atoms with Crippen LogP contribution in [0, 0.1) is 0 Å². The van der Waals surface area contributed by atoms with Crippen LogP contribution in [0.2, 0.25) is 0 Å². The van der Waals surface area contributed by atoms with Crippen LogP contribution >= 0.6 is 15.9 Å². The Morgan fingerprint density at radius 1 is 1.17 bits per heavy atom. The van der Waals surface area contributed by atoms with Gasteiger partial charge in [-0.15, -0.1) is 0 Å². The lowest BCUT2D eigenvalue weighted by Gasteiger charge is -2.22. The summed E-state index contributed by atoms with van der Waals surface area (Å²) < 4.78 is 6.12. The number of hydrogen-bond acceptors (Lipinski definition) is 3. The molecule has 4 nitrogen and oxygen atoms in total. The lowest BCUT2D eigenvalue weighted by atomic mass is 9.94. The molecule has 0 aliphatic heterocycles. The highest BCUT2D eigenvalue weighted by Crippen LogP contribution is 2.22. The molecule has 2 N–H and O–H groups in total. The van der Waals surface area contributed by atoms with E-state index in [1.807, 2.05) is 36.4 Å². The van der Waals surface area contributed by atoms with Crippen molar-refractivity contribution >= 4 is 27.5 Å². The van der Waals surface area contributed by atoms with Crippen LogP contribution in [-0.4, -0.2) is 25.6 Å². The van der Waals surface area contributed by atoms with Gasteiger partial charge in [0.15, 0.2) is 0 Å². The Bertz CT molecular complexity index is 673. The van der Waals surface area contributed by atoms with Crippen molar-refractivity contribution in [2.45, 2.75) is 25.8 Å². The molecule has 0 fully saturated rings. The average Bonchev–Trinajstić information content (AvgIpc) is 2.59. The summed E-state index contributed by atoms with van der Waals surface area (Å²) in [5, 5.41) is 6.17. The van der Waals surface area contributed by atoms with E-state index in [4.69, 9.17) is 4.74 Å². The number of nitrogens with one attached hydrogen (secondary N) is 2. The third-order valence-corrected chi connectivity index (χ3v) is 4.58. The van der Waals surface area contributed by atoms with Gasteiger partial charge >= 0.3 is 0 Å². The van der Waals surface area contributed by atoms with E-state index in [0.717, 1.165) is 15.9 Å². The summed E-state index contributed by atoms with van der Waals surface area (Å²) in [6, 6.07) is 15.8. The molecular weight excluding hydrogens is 368 g/mol. The minimum atomic E-state index is -0.0538. The highest BCUT2D eigenvalue weighted by molar-refractivity contribution is 9.10. The van der Waals surface area contributed by atoms with Gasteiger partial charge in [-0.25, -0.2) is 0 Å². The Balaban J connectivity index is 1.84. The van der Waals surface area contributed by atoms with E-state index < -0.39 is 0 Å². The number of methoxy groups -OCH3 is 1. The predicted octanol–water partition coefficient (Wildman–Crippen LogP) is 4.18. The van der Waals surface area contributed by atoms with Crippen molar-refractivity contribution in [2.24, 2.45) is 0 Å². The van der Waals surface area contributed by atoms with Gasteiger partial charge in [-0.3, -0.25) is 4.79 Å². The van der Waals surface area contributed by atoms with Crippen molar-refractivity contribution in [3.05, 3.63) is 58.6 Å². The fourth-order valence-corrected chi connectivity index (χ4v) is 2.80. The highest BCUT2D eigenvalue weighted by Gasteiger charge is 2.15. The van der Waals surface area contributed by atoms with Gasteiger partial charge in [0, 0.05) is 16.2 Å². The van der Waals surface area contributed by atoms with Crippen LogP contribution in [0.1, 0.15) is 25.3 Å². The molecule has 24 heavy (non-hydrogen) atoms. The predicted molar refractivity (Wildman–Crippen MR) is 102 cm³/mol.